The van der Waals surface area contributed by atoms with Crippen LogP contribution in [0.5, 0.6) is 0 Å². The summed E-state index contributed by atoms with van der Waals surface area (Å²) in [6, 6.07) is 0. The van der Waals surface area contributed by atoms with Gasteiger partial charge in [0, 0.05) is 24.5 Å². The van der Waals surface area contributed by atoms with Crippen LogP contribution in [0.1, 0.15) is 19.8 Å². The molecule has 0 aromatic heterocycles. The van der Waals surface area contributed by atoms with Gasteiger partial charge in [0.2, 0.25) is 0 Å². The maximum atomic E-state index is 6.41. The van der Waals surface area contributed by atoms with Crippen LogP contribution in [0.2, 0.25) is 0 Å². The molecule has 76 valence electrons. The fraction of sp³-hybridized carbons (Fsp3) is 1.00. The van der Waals surface area contributed by atoms with Gasteiger partial charge >= 0.3 is 0 Å². The highest BCUT2D eigenvalue weighted by atomic mass is 15.1. The Kier molecular flexibility index (Phi) is 2.58. The minimum absolute atomic E-state index is 0.150. The summed E-state index contributed by atoms with van der Waals surface area (Å²) in [6.45, 7) is 8.09. The van der Waals surface area contributed by atoms with Crippen molar-refractivity contribution in [3.63, 3.8) is 0 Å². The monoisotopic (exact) mass is 183 g/mol. The summed E-state index contributed by atoms with van der Waals surface area (Å²) in [7, 11) is 0. The van der Waals surface area contributed by atoms with Crippen molar-refractivity contribution in [1.29, 1.82) is 0 Å². The molecule has 2 aliphatic rings. The molecule has 0 saturated carbocycles. The average Bonchev–Trinajstić information content (AvgIpc) is 2.02. The molecule has 2 heterocycles. The van der Waals surface area contributed by atoms with Crippen LogP contribution < -0.4 is 11.1 Å². The van der Waals surface area contributed by atoms with Crippen molar-refractivity contribution in [2.75, 3.05) is 32.7 Å². The fourth-order valence-electron chi connectivity index (χ4n) is 2.39. The molecule has 0 aromatic carbocycles. The molecular weight excluding hydrogens is 162 g/mol. The number of piperidine rings is 1. The smallest absolute Gasteiger partial charge is 0.0231 e. The highest BCUT2D eigenvalue weighted by Crippen LogP contribution is 2.29. The lowest BCUT2D eigenvalue weighted by Gasteiger charge is -2.47. The van der Waals surface area contributed by atoms with E-state index in [4.69, 9.17) is 5.73 Å². The van der Waals surface area contributed by atoms with Gasteiger partial charge in [-0.1, -0.05) is 6.92 Å². The summed E-state index contributed by atoms with van der Waals surface area (Å²) in [5.41, 5.74) is 6.56. The molecule has 0 aliphatic carbocycles. The SMILES string of the molecule is CCN1CCC(N)(C2CNC2)CC1. The van der Waals surface area contributed by atoms with Gasteiger partial charge in [-0.25, -0.2) is 0 Å². The van der Waals surface area contributed by atoms with E-state index >= 15 is 0 Å². The summed E-state index contributed by atoms with van der Waals surface area (Å²) in [5.74, 6) is 0.742. The van der Waals surface area contributed by atoms with Crippen LogP contribution in [-0.4, -0.2) is 43.2 Å². The van der Waals surface area contributed by atoms with Gasteiger partial charge in [-0.05, 0) is 32.5 Å². The normalized spacial score (nSPS) is 30.0. The van der Waals surface area contributed by atoms with E-state index in [1.54, 1.807) is 0 Å². The Morgan fingerprint density at radius 3 is 2.38 bits per heavy atom. The summed E-state index contributed by atoms with van der Waals surface area (Å²) in [6.07, 6.45) is 2.38. The Labute approximate surface area is 80.7 Å². The van der Waals surface area contributed by atoms with Crippen molar-refractivity contribution in [3.8, 4) is 0 Å². The topological polar surface area (TPSA) is 41.3 Å². The van der Waals surface area contributed by atoms with Crippen LogP contribution in [0.25, 0.3) is 0 Å². The molecule has 0 aromatic rings. The number of hydrogen-bond donors (Lipinski definition) is 2. The highest BCUT2D eigenvalue weighted by Gasteiger charge is 2.40. The van der Waals surface area contributed by atoms with E-state index < -0.39 is 0 Å². The van der Waals surface area contributed by atoms with Crippen LogP contribution >= 0.6 is 0 Å². The van der Waals surface area contributed by atoms with Crippen LogP contribution in [0.4, 0.5) is 0 Å². The van der Waals surface area contributed by atoms with Gasteiger partial charge < -0.3 is 16.0 Å². The predicted molar refractivity (Wildman–Crippen MR) is 54.6 cm³/mol. The first-order valence-corrected chi connectivity index (χ1v) is 5.46. The number of nitrogens with one attached hydrogen (secondary N) is 1. The second kappa shape index (κ2) is 3.56. The molecule has 3 N–H and O–H groups in total. The Bertz CT molecular complexity index is 169. The molecule has 3 heteroatoms. The molecule has 13 heavy (non-hydrogen) atoms. The Hall–Kier alpha value is -0.120. The molecule has 2 fully saturated rings. The van der Waals surface area contributed by atoms with Gasteiger partial charge in [-0.3, -0.25) is 0 Å². The van der Waals surface area contributed by atoms with Crippen molar-refractivity contribution in [2.24, 2.45) is 11.7 Å². The molecule has 0 amide bonds. The van der Waals surface area contributed by atoms with Crippen molar-refractivity contribution < 1.29 is 0 Å². The first-order chi connectivity index (χ1) is 6.24. The third-order valence-electron chi connectivity index (χ3n) is 3.83. The molecule has 2 rings (SSSR count). The van der Waals surface area contributed by atoms with E-state index in [1.165, 1.54) is 32.5 Å². The van der Waals surface area contributed by atoms with Crippen molar-refractivity contribution in [3.05, 3.63) is 0 Å². The first-order valence-electron chi connectivity index (χ1n) is 5.46. The van der Waals surface area contributed by atoms with Crippen LogP contribution in [0.3, 0.4) is 0 Å². The summed E-state index contributed by atoms with van der Waals surface area (Å²) >= 11 is 0. The molecule has 2 saturated heterocycles. The maximum Gasteiger partial charge on any atom is 0.0231 e. The molecule has 0 spiro atoms. The second-order valence-corrected chi connectivity index (χ2v) is 4.52. The van der Waals surface area contributed by atoms with E-state index in [1.807, 2.05) is 0 Å². The lowest BCUT2D eigenvalue weighted by Crippen LogP contribution is -2.64. The van der Waals surface area contributed by atoms with Crippen LogP contribution in [0.15, 0.2) is 0 Å². The third-order valence-corrected chi connectivity index (χ3v) is 3.83. The van der Waals surface area contributed by atoms with Gasteiger partial charge in [0.1, 0.15) is 0 Å². The van der Waals surface area contributed by atoms with E-state index in [9.17, 15) is 0 Å². The first kappa shape index (κ1) is 9.44. The van der Waals surface area contributed by atoms with Crippen LogP contribution in [-0.2, 0) is 0 Å². The molecule has 0 bridgehead atoms. The largest absolute Gasteiger partial charge is 0.325 e. The summed E-state index contributed by atoms with van der Waals surface area (Å²) < 4.78 is 0. The summed E-state index contributed by atoms with van der Waals surface area (Å²) in [5, 5.41) is 3.32. The quantitative estimate of drug-likeness (QED) is 0.634. The zero-order chi connectivity index (χ0) is 9.31. The molecule has 3 nitrogen and oxygen atoms in total. The van der Waals surface area contributed by atoms with Gasteiger partial charge in [0.15, 0.2) is 0 Å². The Morgan fingerprint density at radius 1 is 1.38 bits per heavy atom. The predicted octanol–water partition coefficient (Wildman–Crippen LogP) is 0.0190. The minimum Gasteiger partial charge on any atom is -0.325 e. The van der Waals surface area contributed by atoms with E-state index in [2.05, 4.69) is 17.1 Å². The maximum absolute atomic E-state index is 6.41. The van der Waals surface area contributed by atoms with Gasteiger partial charge in [-0.2, -0.15) is 0 Å². The zero-order valence-electron chi connectivity index (χ0n) is 8.55. The average molecular weight is 183 g/mol. The summed E-state index contributed by atoms with van der Waals surface area (Å²) in [4.78, 5) is 2.50. The lowest BCUT2D eigenvalue weighted by atomic mass is 9.74. The van der Waals surface area contributed by atoms with Crippen molar-refractivity contribution in [1.82, 2.24) is 10.2 Å². The molecule has 0 atom stereocenters. The third kappa shape index (κ3) is 1.73. The molecule has 0 radical (unpaired) electrons. The number of rotatable bonds is 2. The Morgan fingerprint density at radius 2 is 2.00 bits per heavy atom. The van der Waals surface area contributed by atoms with E-state index in [0.717, 1.165) is 19.0 Å². The molecule has 2 aliphatic heterocycles. The van der Waals surface area contributed by atoms with E-state index in [-0.39, 0.29) is 5.54 Å². The standard InChI is InChI=1S/C10H21N3/c1-2-13-5-3-10(11,4-6-13)9-7-12-8-9/h9,12H,2-8,11H2,1H3. The van der Waals surface area contributed by atoms with Gasteiger partial charge in [0.05, 0.1) is 0 Å². The number of likely N-dealkylation sites (tertiary alicyclic amines) is 1. The highest BCUT2D eigenvalue weighted by molar-refractivity contribution is 5.00. The van der Waals surface area contributed by atoms with E-state index in [0.29, 0.717) is 0 Å². The molecule has 0 unspecified atom stereocenters. The van der Waals surface area contributed by atoms with Crippen molar-refractivity contribution in [2.45, 2.75) is 25.3 Å². The number of hydrogen-bond acceptors (Lipinski definition) is 3. The fourth-order valence-corrected chi connectivity index (χ4v) is 2.39. The Balaban J connectivity index is 1.87. The van der Waals surface area contributed by atoms with Crippen LogP contribution in [0, 0.1) is 5.92 Å². The zero-order valence-corrected chi connectivity index (χ0v) is 8.55. The lowest BCUT2D eigenvalue weighted by molar-refractivity contribution is 0.0944. The van der Waals surface area contributed by atoms with Crippen molar-refractivity contribution >= 4 is 0 Å². The second-order valence-electron chi connectivity index (χ2n) is 4.52. The number of nitrogens with two attached hydrogens (primary N) is 1. The molecular formula is C10H21N3. The minimum atomic E-state index is 0.150. The van der Waals surface area contributed by atoms with Gasteiger partial charge in [-0.15, -0.1) is 0 Å². The van der Waals surface area contributed by atoms with Gasteiger partial charge in [0.25, 0.3) is 0 Å². The number of nitrogens with zero attached hydrogens (tertiary/aromatic N) is 1.